The van der Waals surface area contributed by atoms with Gasteiger partial charge in [-0.25, -0.2) is 0 Å². The van der Waals surface area contributed by atoms with Crippen LogP contribution in [0.25, 0.3) is 11.1 Å². The van der Waals surface area contributed by atoms with Crippen molar-refractivity contribution < 1.29 is 13.2 Å². The molecule has 1 heterocycles. The van der Waals surface area contributed by atoms with Crippen molar-refractivity contribution >= 4 is 0 Å². The highest BCUT2D eigenvalue weighted by Gasteiger charge is 2.29. The molecule has 0 unspecified atom stereocenters. The number of benzene rings is 2. The standard InChI is InChI=1S/C17H15F3N4/c18-17(19,20)15-7-5-14(6-8-15)13-3-1-12(2-4-13)10-24-11-22-23-16(24)9-21/h1-8,11H,9-10,21H2. The Balaban J connectivity index is 1.77. The minimum absolute atomic E-state index is 0.309. The van der Waals surface area contributed by atoms with Gasteiger partial charge in [-0.1, -0.05) is 36.4 Å². The molecule has 7 heteroatoms. The van der Waals surface area contributed by atoms with Gasteiger partial charge in [0.2, 0.25) is 0 Å². The lowest BCUT2D eigenvalue weighted by atomic mass is 10.0. The van der Waals surface area contributed by atoms with E-state index in [-0.39, 0.29) is 0 Å². The third-order valence-electron chi connectivity index (χ3n) is 3.73. The molecule has 0 radical (unpaired) electrons. The van der Waals surface area contributed by atoms with Gasteiger partial charge in [-0.2, -0.15) is 13.2 Å². The van der Waals surface area contributed by atoms with Gasteiger partial charge in [0, 0.05) is 0 Å². The van der Waals surface area contributed by atoms with E-state index in [0.29, 0.717) is 18.9 Å². The number of alkyl halides is 3. The Hall–Kier alpha value is -2.67. The number of aromatic nitrogens is 3. The smallest absolute Gasteiger partial charge is 0.324 e. The van der Waals surface area contributed by atoms with E-state index >= 15 is 0 Å². The molecule has 1 aromatic heterocycles. The van der Waals surface area contributed by atoms with Crippen LogP contribution in [-0.2, 0) is 19.3 Å². The van der Waals surface area contributed by atoms with Gasteiger partial charge >= 0.3 is 6.18 Å². The lowest BCUT2D eigenvalue weighted by molar-refractivity contribution is -0.137. The van der Waals surface area contributed by atoms with E-state index in [1.165, 1.54) is 12.1 Å². The first-order valence-corrected chi connectivity index (χ1v) is 7.30. The Morgan fingerprint density at radius 3 is 2.04 bits per heavy atom. The van der Waals surface area contributed by atoms with E-state index in [9.17, 15) is 13.2 Å². The van der Waals surface area contributed by atoms with Gasteiger partial charge in [-0.15, -0.1) is 10.2 Å². The normalized spacial score (nSPS) is 11.7. The zero-order chi connectivity index (χ0) is 17.2. The summed E-state index contributed by atoms with van der Waals surface area (Å²) in [5, 5.41) is 7.74. The highest BCUT2D eigenvalue weighted by molar-refractivity contribution is 5.64. The minimum atomic E-state index is -4.32. The van der Waals surface area contributed by atoms with E-state index < -0.39 is 11.7 Å². The average molecular weight is 332 g/mol. The van der Waals surface area contributed by atoms with Crippen LogP contribution in [0.1, 0.15) is 17.0 Å². The molecule has 0 atom stereocenters. The van der Waals surface area contributed by atoms with Crippen molar-refractivity contribution in [2.45, 2.75) is 19.3 Å². The van der Waals surface area contributed by atoms with Crippen molar-refractivity contribution in [2.75, 3.05) is 0 Å². The SMILES string of the molecule is NCc1nncn1Cc1ccc(-c2ccc(C(F)(F)F)cc2)cc1. The minimum Gasteiger partial charge on any atom is -0.324 e. The zero-order valence-electron chi connectivity index (χ0n) is 12.7. The van der Waals surface area contributed by atoms with Crippen LogP contribution in [0.4, 0.5) is 13.2 Å². The van der Waals surface area contributed by atoms with Crippen LogP contribution in [0.3, 0.4) is 0 Å². The summed E-state index contributed by atoms with van der Waals surface area (Å²) in [6.07, 6.45) is -2.70. The maximum atomic E-state index is 12.6. The summed E-state index contributed by atoms with van der Waals surface area (Å²) in [4.78, 5) is 0. The van der Waals surface area contributed by atoms with Gasteiger partial charge in [0.1, 0.15) is 12.2 Å². The van der Waals surface area contributed by atoms with E-state index in [1.54, 1.807) is 6.33 Å². The summed E-state index contributed by atoms with van der Waals surface area (Å²) in [5.74, 6) is 0.696. The Morgan fingerprint density at radius 2 is 1.50 bits per heavy atom. The van der Waals surface area contributed by atoms with Gasteiger partial charge in [0.15, 0.2) is 0 Å². The molecule has 0 saturated carbocycles. The van der Waals surface area contributed by atoms with Crippen molar-refractivity contribution in [3.05, 3.63) is 71.8 Å². The molecule has 0 aliphatic rings. The summed E-state index contributed by atoms with van der Waals surface area (Å²) >= 11 is 0. The lowest BCUT2D eigenvalue weighted by Crippen LogP contribution is -2.08. The van der Waals surface area contributed by atoms with Crippen molar-refractivity contribution in [3.63, 3.8) is 0 Å². The van der Waals surface area contributed by atoms with Crippen LogP contribution >= 0.6 is 0 Å². The Bertz CT molecular complexity index is 805. The first kappa shape index (κ1) is 16.2. The molecule has 0 fully saturated rings. The van der Waals surface area contributed by atoms with E-state index in [1.807, 2.05) is 28.8 Å². The molecule has 0 amide bonds. The molecule has 3 aromatic rings. The number of nitrogens with zero attached hydrogens (tertiary/aromatic N) is 3. The highest BCUT2D eigenvalue weighted by atomic mass is 19.4. The number of rotatable bonds is 4. The van der Waals surface area contributed by atoms with Gasteiger partial charge < -0.3 is 10.3 Å². The molecule has 2 N–H and O–H groups in total. The Morgan fingerprint density at radius 1 is 0.917 bits per heavy atom. The van der Waals surface area contributed by atoms with Crippen LogP contribution in [0, 0.1) is 0 Å². The largest absolute Gasteiger partial charge is 0.416 e. The average Bonchev–Trinajstić information content (AvgIpc) is 3.02. The molecule has 0 bridgehead atoms. The fraction of sp³-hybridized carbons (Fsp3) is 0.176. The summed E-state index contributed by atoms with van der Waals surface area (Å²) in [6, 6.07) is 12.7. The van der Waals surface area contributed by atoms with Crippen molar-refractivity contribution in [1.29, 1.82) is 0 Å². The topological polar surface area (TPSA) is 56.7 Å². The molecule has 0 spiro atoms. The van der Waals surface area contributed by atoms with Crippen LogP contribution in [0.5, 0.6) is 0 Å². The van der Waals surface area contributed by atoms with E-state index in [2.05, 4.69) is 10.2 Å². The molecule has 0 saturated heterocycles. The van der Waals surface area contributed by atoms with Crippen LogP contribution < -0.4 is 5.73 Å². The fourth-order valence-corrected chi connectivity index (χ4v) is 2.42. The first-order chi connectivity index (χ1) is 11.5. The molecular formula is C17H15F3N4. The summed E-state index contributed by atoms with van der Waals surface area (Å²) in [7, 11) is 0. The maximum absolute atomic E-state index is 12.6. The first-order valence-electron chi connectivity index (χ1n) is 7.30. The third-order valence-corrected chi connectivity index (χ3v) is 3.73. The number of nitrogens with two attached hydrogens (primary N) is 1. The molecule has 3 rings (SSSR count). The third kappa shape index (κ3) is 3.46. The predicted molar refractivity (Wildman–Crippen MR) is 83.9 cm³/mol. The maximum Gasteiger partial charge on any atom is 0.416 e. The van der Waals surface area contributed by atoms with E-state index in [4.69, 9.17) is 5.73 Å². The molecule has 24 heavy (non-hydrogen) atoms. The quantitative estimate of drug-likeness (QED) is 0.796. The summed E-state index contributed by atoms with van der Waals surface area (Å²) in [6.45, 7) is 0.899. The zero-order valence-corrected chi connectivity index (χ0v) is 12.7. The van der Waals surface area contributed by atoms with Crippen LogP contribution in [0.15, 0.2) is 54.9 Å². The van der Waals surface area contributed by atoms with Crippen molar-refractivity contribution in [3.8, 4) is 11.1 Å². The van der Waals surface area contributed by atoms with Gasteiger partial charge in [-0.3, -0.25) is 0 Å². The van der Waals surface area contributed by atoms with Crippen LogP contribution in [-0.4, -0.2) is 14.8 Å². The Labute approximate surface area is 136 Å². The fourth-order valence-electron chi connectivity index (χ4n) is 2.42. The monoisotopic (exact) mass is 332 g/mol. The second-order valence-electron chi connectivity index (χ2n) is 5.35. The van der Waals surface area contributed by atoms with Crippen molar-refractivity contribution in [1.82, 2.24) is 14.8 Å². The number of halogens is 3. The molecule has 124 valence electrons. The predicted octanol–water partition coefficient (Wildman–Crippen LogP) is 3.47. The Kier molecular flexibility index (Phi) is 4.35. The molecule has 2 aromatic carbocycles. The second kappa shape index (κ2) is 6.45. The summed E-state index contributed by atoms with van der Waals surface area (Å²) in [5.41, 5.74) is 7.56. The van der Waals surface area contributed by atoms with Gasteiger partial charge in [-0.05, 0) is 28.8 Å². The van der Waals surface area contributed by atoms with Crippen LogP contribution in [0.2, 0.25) is 0 Å². The number of hydrogen-bond acceptors (Lipinski definition) is 3. The van der Waals surface area contributed by atoms with E-state index in [0.717, 1.165) is 28.8 Å². The molecule has 0 aliphatic heterocycles. The number of hydrogen-bond donors (Lipinski definition) is 1. The second-order valence-corrected chi connectivity index (χ2v) is 5.35. The van der Waals surface area contributed by atoms with Crippen molar-refractivity contribution in [2.24, 2.45) is 5.73 Å². The molecular weight excluding hydrogens is 317 g/mol. The van der Waals surface area contributed by atoms with Gasteiger partial charge in [0.25, 0.3) is 0 Å². The highest BCUT2D eigenvalue weighted by Crippen LogP contribution is 2.31. The lowest BCUT2D eigenvalue weighted by Gasteiger charge is -2.09. The molecule has 4 nitrogen and oxygen atoms in total. The van der Waals surface area contributed by atoms with Gasteiger partial charge in [0.05, 0.1) is 18.7 Å². The summed E-state index contributed by atoms with van der Waals surface area (Å²) < 4.78 is 39.6. The molecule has 0 aliphatic carbocycles.